The standard InChI is InChI=1S/C18H24N2O2/c1-17(22)8-15(9-17)16(21)20-11-18(12-20)6-14(7-18)5-13-3-2-4-19-10-13/h2-4,10,14-15,22H,5-9,11-12H2,1H3/t15-,17+. The van der Waals surface area contributed by atoms with Crippen molar-refractivity contribution in [2.24, 2.45) is 17.3 Å². The monoisotopic (exact) mass is 300 g/mol. The third-order valence-electron chi connectivity index (χ3n) is 5.78. The molecule has 1 spiro atoms. The summed E-state index contributed by atoms with van der Waals surface area (Å²) in [5.74, 6) is 1.09. The Bertz CT molecular complexity index is 562. The lowest BCUT2D eigenvalue weighted by atomic mass is 9.56. The average molecular weight is 300 g/mol. The highest BCUT2D eigenvalue weighted by molar-refractivity contribution is 5.81. The quantitative estimate of drug-likeness (QED) is 0.929. The molecule has 1 saturated heterocycles. The van der Waals surface area contributed by atoms with E-state index in [1.807, 2.05) is 30.3 Å². The van der Waals surface area contributed by atoms with E-state index in [0.29, 0.717) is 18.3 Å². The first kappa shape index (κ1) is 14.2. The molecule has 0 bridgehead atoms. The van der Waals surface area contributed by atoms with Crippen LogP contribution in [0.1, 0.15) is 38.2 Å². The molecule has 2 saturated carbocycles. The fraction of sp³-hybridized carbons (Fsp3) is 0.667. The third-order valence-corrected chi connectivity index (χ3v) is 5.78. The van der Waals surface area contributed by atoms with Gasteiger partial charge in [0.15, 0.2) is 0 Å². The molecule has 3 fully saturated rings. The number of hydrogen-bond donors (Lipinski definition) is 1. The molecule has 4 heteroatoms. The smallest absolute Gasteiger partial charge is 0.225 e. The van der Waals surface area contributed by atoms with E-state index in [-0.39, 0.29) is 11.8 Å². The predicted molar refractivity (Wildman–Crippen MR) is 83.0 cm³/mol. The van der Waals surface area contributed by atoms with E-state index in [2.05, 4.69) is 11.1 Å². The number of pyridine rings is 1. The van der Waals surface area contributed by atoms with E-state index in [4.69, 9.17) is 0 Å². The predicted octanol–water partition coefficient (Wildman–Crippen LogP) is 2.02. The number of carbonyl (C=O) groups excluding carboxylic acids is 1. The van der Waals surface area contributed by atoms with E-state index in [1.165, 1.54) is 18.4 Å². The van der Waals surface area contributed by atoms with Crippen LogP contribution in [0, 0.1) is 17.3 Å². The molecule has 4 nitrogen and oxygen atoms in total. The van der Waals surface area contributed by atoms with Crippen LogP contribution in [0.15, 0.2) is 24.5 Å². The zero-order chi connectivity index (χ0) is 15.4. The molecule has 1 aromatic heterocycles. The number of amides is 1. The molecular formula is C18H24N2O2. The summed E-state index contributed by atoms with van der Waals surface area (Å²) in [7, 11) is 0. The van der Waals surface area contributed by atoms with Crippen LogP contribution in [0.4, 0.5) is 0 Å². The topological polar surface area (TPSA) is 53.4 Å². The summed E-state index contributed by atoms with van der Waals surface area (Å²) in [6.45, 7) is 3.70. The van der Waals surface area contributed by atoms with Gasteiger partial charge >= 0.3 is 0 Å². The van der Waals surface area contributed by atoms with Gasteiger partial charge in [-0.25, -0.2) is 0 Å². The number of nitrogens with zero attached hydrogens (tertiary/aromatic N) is 2. The molecule has 3 aliphatic rings. The fourth-order valence-corrected chi connectivity index (χ4v) is 4.77. The van der Waals surface area contributed by atoms with E-state index >= 15 is 0 Å². The van der Waals surface area contributed by atoms with Crippen LogP contribution in [-0.4, -0.2) is 39.6 Å². The van der Waals surface area contributed by atoms with Crippen LogP contribution in [0.25, 0.3) is 0 Å². The lowest BCUT2D eigenvalue weighted by Crippen LogP contribution is -2.66. The first-order chi connectivity index (χ1) is 10.4. The Labute approximate surface area is 131 Å². The molecule has 1 aromatic rings. The first-order valence-corrected chi connectivity index (χ1v) is 8.35. The molecule has 0 unspecified atom stereocenters. The molecule has 0 atom stereocenters. The van der Waals surface area contributed by atoms with Crippen molar-refractivity contribution in [3.05, 3.63) is 30.1 Å². The van der Waals surface area contributed by atoms with Crippen molar-refractivity contribution in [3.8, 4) is 0 Å². The molecule has 0 aromatic carbocycles. The molecule has 2 aliphatic carbocycles. The number of aromatic nitrogens is 1. The van der Waals surface area contributed by atoms with Crippen LogP contribution in [0.2, 0.25) is 0 Å². The molecule has 0 radical (unpaired) electrons. The highest BCUT2D eigenvalue weighted by Crippen LogP contribution is 2.53. The zero-order valence-electron chi connectivity index (χ0n) is 13.2. The van der Waals surface area contributed by atoms with Gasteiger partial charge in [0.25, 0.3) is 0 Å². The summed E-state index contributed by atoms with van der Waals surface area (Å²) in [6.07, 6.45) is 8.66. The first-order valence-electron chi connectivity index (χ1n) is 8.35. The van der Waals surface area contributed by atoms with Gasteiger partial charge in [0, 0.05) is 36.8 Å². The molecule has 1 N–H and O–H groups in total. The summed E-state index contributed by atoms with van der Waals surface area (Å²) in [6, 6.07) is 4.15. The summed E-state index contributed by atoms with van der Waals surface area (Å²) in [5.41, 5.74) is 1.13. The third kappa shape index (κ3) is 2.43. The van der Waals surface area contributed by atoms with Gasteiger partial charge in [-0.05, 0) is 56.6 Å². The number of carbonyl (C=O) groups is 1. The Morgan fingerprint density at radius 3 is 2.68 bits per heavy atom. The van der Waals surface area contributed by atoms with Crippen molar-refractivity contribution in [1.29, 1.82) is 0 Å². The maximum atomic E-state index is 12.3. The molecule has 1 amide bonds. The summed E-state index contributed by atoms with van der Waals surface area (Å²) >= 11 is 0. The van der Waals surface area contributed by atoms with Crippen molar-refractivity contribution in [2.75, 3.05) is 13.1 Å². The highest BCUT2D eigenvalue weighted by atomic mass is 16.3. The van der Waals surface area contributed by atoms with Gasteiger partial charge in [-0.2, -0.15) is 0 Å². The summed E-state index contributed by atoms with van der Waals surface area (Å²) in [5, 5.41) is 9.76. The summed E-state index contributed by atoms with van der Waals surface area (Å²) < 4.78 is 0. The molecule has 22 heavy (non-hydrogen) atoms. The van der Waals surface area contributed by atoms with Crippen LogP contribution < -0.4 is 0 Å². The number of aliphatic hydroxyl groups is 1. The minimum Gasteiger partial charge on any atom is -0.390 e. The van der Waals surface area contributed by atoms with Gasteiger partial charge in [0.2, 0.25) is 5.91 Å². The number of hydrogen-bond acceptors (Lipinski definition) is 3. The Balaban J connectivity index is 1.23. The normalized spacial score (nSPS) is 33.0. The van der Waals surface area contributed by atoms with Gasteiger partial charge in [-0.1, -0.05) is 6.07 Å². The number of likely N-dealkylation sites (tertiary alicyclic amines) is 1. The Morgan fingerprint density at radius 1 is 1.36 bits per heavy atom. The van der Waals surface area contributed by atoms with E-state index in [0.717, 1.165) is 25.4 Å². The Hall–Kier alpha value is -1.42. The maximum absolute atomic E-state index is 12.3. The van der Waals surface area contributed by atoms with Crippen LogP contribution >= 0.6 is 0 Å². The zero-order valence-corrected chi connectivity index (χ0v) is 13.2. The minimum absolute atomic E-state index is 0.0682. The van der Waals surface area contributed by atoms with Gasteiger partial charge in [0.1, 0.15) is 0 Å². The lowest BCUT2D eigenvalue weighted by Gasteiger charge is -2.60. The molecule has 1 aliphatic heterocycles. The molecular weight excluding hydrogens is 276 g/mol. The summed E-state index contributed by atoms with van der Waals surface area (Å²) in [4.78, 5) is 18.5. The largest absolute Gasteiger partial charge is 0.390 e. The second kappa shape index (κ2) is 4.79. The lowest BCUT2D eigenvalue weighted by molar-refractivity contribution is -0.171. The second-order valence-electron chi connectivity index (χ2n) is 8.14. The van der Waals surface area contributed by atoms with Crippen LogP contribution in [0.3, 0.4) is 0 Å². The molecule has 118 valence electrons. The van der Waals surface area contributed by atoms with Crippen LogP contribution in [0.5, 0.6) is 0 Å². The maximum Gasteiger partial charge on any atom is 0.225 e. The van der Waals surface area contributed by atoms with Crippen molar-refractivity contribution < 1.29 is 9.90 Å². The average Bonchev–Trinajstić information content (AvgIpc) is 2.37. The van der Waals surface area contributed by atoms with Crippen molar-refractivity contribution >= 4 is 5.91 Å². The van der Waals surface area contributed by atoms with Gasteiger partial charge in [0.05, 0.1) is 5.60 Å². The van der Waals surface area contributed by atoms with Gasteiger partial charge < -0.3 is 10.0 Å². The van der Waals surface area contributed by atoms with Crippen molar-refractivity contribution in [3.63, 3.8) is 0 Å². The number of rotatable bonds is 3. The van der Waals surface area contributed by atoms with Gasteiger partial charge in [-0.15, -0.1) is 0 Å². The van der Waals surface area contributed by atoms with Crippen molar-refractivity contribution in [2.45, 2.75) is 44.6 Å². The Kier molecular flexibility index (Phi) is 3.09. The van der Waals surface area contributed by atoms with E-state index < -0.39 is 5.60 Å². The van der Waals surface area contributed by atoms with Crippen LogP contribution in [-0.2, 0) is 11.2 Å². The Morgan fingerprint density at radius 2 is 2.09 bits per heavy atom. The highest BCUT2D eigenvalue weighted by Gasteiger charge is 2.55. The van der Waals surface area contributed by atoms with Crippen molar-refractivity contribution in [1.82, 2.24) is 9.88 Å². The van der Waals surface area contributed by atoms with E-state index in [9.17, 15) is 9.90 Å². The minimum atomic E-state index is -0.603. The van der Waals surface area contributed by atoms with Gasteiger partial charge in [-0.3, -0.25) is 9.78 Å². The second-order valence-corrected chi connectivity index (χ2v) is 8.14. The van der Waals surface area contributed by atoms with E-state index in [1.54, 1.807) is 0 Å². The molecule has 4 rings (SSSR count). The SMILES string of the molecule is C[C@]1(O)C[C@@H](C(=O)N2CC3(CC(Cc4cccnc4)C3)C2)C1. The molecule has 2 heterocycles. The fourth-order valence-electron chi connectivity index (χ4n) is 4.77.